The van der Waals surface area contributed by atoms with Crippen LogP contribution < -0.4 is 4.74 Å². The molecule has 5 heteroatoms. The average Bonchev–Trinajstić information content (AvgIpc) is 2.46. The van der Waals surface area contributed by atoms with E-state index >= 15 is 0 Å². The highest BCUT2D eigenvalue weighted by Crippen LogP contribution is 2.48. The molecule has 0 amide bonds. The highest BCUT2D eigenvalue weighted by molar-refractivity contribution is 6.68. The van der Waals surface area contributed by atoms with E-state index < -0.39 is 15.9 Å². The molecule has 1 aliphatic heterocycles. The number of halogens is 2. The molecule has 2 aromatic rings. The van der Waals surface area contributed by atoms with E-state index in [0.717, 1.165) is 11.1 Å². The zero-order chi connectivity index (χ0) is 16.1. The maximum atomic E-state index is 11.4. The molecule has 22 heavy (non-hydrogen) atoms. The average molecular weight is 335 g/mol. The molecule has 0 fully saturated rings. The van der Waals surface area contributed by atoms with Crippen molar-refractivity contribution in [2.24, 2.45) is 0 Å². The lowest BCUT2D eigenvalue weighted by Gasteiger charge is -2.34. The van der Waals surface area contributed by atoms with Crippen molar-refractivity contribution in [3.8, 4) is 11.5 Å². The van der Waals surface area contributed by atoms with Crippen molar-refractivity contribution >= 4 is 33.7 Å². The van der Waals surface area contributed by atoms with Gasteiger partial charge in [0.15, 0.2) is 0 Å². The third kappa shape index (κ3) is 2.31. The number of hydrogen-bond donors (Lipinski definition) is 0. The highest BCUT2D eigenvalue weighted by atomic mass is 35.5. The van der Waals surface area contributed by atoms with Crippen LogP contribution in [-0.2, 0) is 5.41 Å². The normalized spacial score (nSPS) is 14.5. The summed E-state index contributed by atoms with van der Waals surface area (Å²) in [6.45, 7) is 4.00. The number of carbonyl (C=O) groups is 2. The molecular weight excluding hydrogens is 323 g/mol. The van der Waals surface area contributed by atoms with Crippen LogP contribution in [0.1, 0.15) is 45.7 Å². The van der Waals surface area contributed by atoms with Crippen LogP contribution in [0.25, 0.3) is 0 Å². The van der Waals surface area contributed by atoms with E-state index in [2.05, 4.69) is 0 Å². The maximum absolute atomic E-state index is 11.4. The summed E-state index contributed by atoms with van der Waals surface area (Å²) >= 11 is 11.1. The first kappa shape index (κ1) is 15.1. The number of benzene rings is 2. The van der Waals surface area contributed by atoms with E-state index in [9.17, 15) is 9.59 Å². The van der Waals surface area contributed by atoms with Crippen molar-refractivity contribution in [3.05, 3.63) is 58.7 Å². The largest absolute Gasteiger partial charge is 0.457 e. The first-order chi connectivity index (χ1) is 10.3. The second-order valence-electron chi connectivity index (χ2n) is 5.70. The van der Waals surface area contributed by atoms with Crippen LogP contribution in [0.3, 0.4) is 0 Å². The summed E-state index contributed by atoms with van der Waals surface area (Å²) in [5, 5.41) is -1.04. The smallest absolute Gasteiger partial charge is 0.252 e. The van der Waals surface area contributed by atoms with Crippen LogP contribution in [0.4, 0.5) is 0 Å². The summed E-state index contributed by atoms with van der Waals surface area (Å²) in [6, 6.07) is 10.2. The van der Waals surface area contributed by atoms with Crippen molar-refractivity contribution < 1.29 is 14.3 Å². The molecule has 2 aromatic carbocycles. The Labute approximate surface area is 137 Å². The van der Waals surface area contributed by atoms with Gasteiger partial charge < -0.3 is 4.74 Å². The first-order valence-corrected chi connectivity index (χ1v) is 7.43. The number of carbonyl (C=O) groups excluding carboxylic acids is 2. The lowest BCUT2D eigenvalue weighted by atomic mass is 9.75. The van der Waals surface area contributed by atoms with Crippen LogP contribution >= 0.6 is 23.2 Å². The fourth-order valence-corrected chi connectivity index (χ4v) is 2.96. The molecule has 112 valence electrons. The summed E-state index contributed by atoms with van der Waals surface area (Å²) < 4.78 is 5.87. The minimum absolute atomic E-state index is 0.408. The molecule has 0 unspecified atom stereocenters. The second-order valence-corrected chi connectivity index (χ2v) is 6.38. The Kier molecular flexibility index (Phi) is 3.50. The van der Waals surface area contributed by atoms with Gasteiger partial charge in [-0.2, -0.15) is 0 Å². The van der Waals surface area contributed by atoms with Gasteiger partial charge in [0, 0.05) is 27.7 Å². The molecule has 3 nitrogen and oxygen atoms in total. The van der Waals surface area contributed by atoms with Crippen molar-refractivity contribution in [2.45, 2.75) is 19.3 Å². The molecule has 0 bridgehead atoms. The van der Waals surface area contributed by atoms with Crippen LogP contribution in [0.2, 0.25) is 0 Å². The minimum atomic E-state index is -0.519. The van der Waals surface area contributed by atoms with Crippen LogP contribution in [0, 0.1) is 0 Å². The van der Waals surface area contributed by atoms with E-state index in [-0.39, 0.29) is 0 Å². The van der Waals surface area contributed by atoms with Crippen molar-refractivity contribution in [3.63, 3.8) is 0 Å². The van der Waals surface area contributed by atoms with E-state index in [4.69, 9.17) is 27.9 Å². The molecule has 0 spiro atoms. The van der Waals surface area contributed by atoms with Gasteiger partial charge in [0.2, 0.25) is 0 Å². The fraction of sp³-hybridized carbons (Fsp3) is 0.176. The van der Waals surface area contributed by atoms with Gasteiger partial charge in [0.1, 0.15) is 11.5 Å². The molecular formula is C17H12Cl2O3. The summed E-state index contributed by atoms with van der Waals surface area (Å²) in [7, 11) is 0. The van der Waals surface area contributed by atoms with Crippen LogP contribution in [-0.4, -0.2) is 10.5 Å². The van der Waals surface area contributed by atoms with Crippen molar-refractivity contribution in [2.75, 3.05) is 0 Å². The third-order valence-electron chi connectivity index (χ3n) is 3.98. The first-order valence-electron chi connectivity index (χ1n) is 6.67. The number of ether oxygens (including phenoxy) is 1. The Morgan fingerprint density at radius 3 is 1.64 bits per heavy atom. The molecule has 0 N–H and O–H groups in total. The molecule has 0 saturated heterocycles. The van der Waals surface area contributed by atoms with Gasteiger partial charge in [-0.25, -0.2) is 0 Å². The Morgan fingerprint density at radius 1 is 0.864 bits per heavy atom. The summed E-state index contributed by atoms with van der Waals surface area (Å²) in [5.41, 5.74) is 2.04. The summed E-state index contributed by atoms with van der Waals surface area (Å²) in [4.78, 5) is 22.8. The lowest BCUT2D eigenvalue weighted by Crippen LogP contribution is -2.25. The molecule has 3 rings (SSSR count). The molecule has 1 aliphatic rings. The molecule has 0 saturated carbocycles. The van der Waals surface area contributed by atoms with Gasteiger partial charge in [-0.1, -0.05) is 13.8 Å². The van der Waals surface area contributed by atoms with E-state index in [1.54, 1.807) is 36.4 Å². The van der Waals surface area contributed by atoms with Crippen molar-refractivity contribution in [1.82, 2.24) is 0 Å². The number of hydrogen-bond acceptors (Lipinski definition) is 3. The molecule has 0 aliphatic carbocycles. The van der Waals surface area contributed by atoms with Gasteiger partial charge in [-0.05, 0) is 59.6 Å². The zero-order valence-corrected chi connectivity index (χ0v) is 13.5. The Hall–Kier alpha value is -1.84. The standard InChI is InChI=1S/C17H12Cl2O3/c1-17(2)11-7-9(15(18)20)3-5-13(11)22-14-6-4-10(16(19)21)8-12(14)17/h3-8H,1-2H3. The van der Waals surface area contributed by atoms with Gasteiger partial charge in [0.05, 0.1) is 0 Å². The van der Waals surface area contributed by atoms with Crippen molar-refractivity contribution in [1.29, 1.82) is 0 Å². The molecule has 0 atom stereocenters. The number of rotatable bonds is 2. The van der Waals surface area contributed by atoms with Gasteiger partial charge in [-0.15, -0.1) is 0 Å². The maximum Gasteiger partial charge on any atom is 0.252 e. The van der Waals surface area contributed by atoms with Gasteiger partial charge >= 0.3 is 0 Å². The minimum Gasteiger partial charge on any atom is -0.457 e. The predicted octanol–water partition coefficient (Wildman–Crippen LogP) is 4.88. The van der Waals surface area contributed by atoms with E-state index in [1.807, 2.05) is 13.8 Å². The lowest BCUT2D eigenvalue weighted by molar-refractivity contribution is 0.107. The van der Waals surface area contributed by atoms with Gasteiger partial charge in [-0.3, -0.25) is 9.59 Å². The molecule has 0 radical (unpaired) electrons. The fourth-order valence-electron chi connectivity index (χ4n) is 2.72. The summed E-state index contributed by atoms with van der Waals surface area (Å²) in [6.07, 6.45) is 0. The Balaban J connectivity index is 2.20. The zero-order valence-electron chi connectivity index (χ0n) is 11.9. The highest BCUT2D eigenvalue weighted by Gasteiger charge is 2.35. The quantitative estimate of drug-likeness (QED) is 0.735. The van der Waals surface area contributed by atoms with E-state index in [1.165, 1.54) is 0 Å². The van der Waals surface area contributed by atoms with Crippen LogP contribution in [0.15, 0.2) is 36.4 Å². The Bertz CT molecular complexity index is 744. The topological polar surface area (TPSA) is 43.4 Å². The Morgan fingerprint density at radius 2 is 1.27 bits per heavy atom. The van der Waals surface area contributed by atoms with E-state index in [0.29, 0.717) is 22.6 Å². The molecule has 1 heterocycles. The molecule has 0 aromatic heterocycles. The monoisotopic (exact) mass is 334 g/mol. The summed E-state index contributed by atoms with van der Waals surface area (Å²) in [5.74, 6) is 1.34. The number of fused-ring (bicyclic) bond motifs is 2. The second kappa shape index (κ2) is 5.11. The van der Waals surface area contributed by atoms with Crippen LogP contribution in [0.5, 0.6) is 11.5 Å². The van der Waals surface area contributed by atoms with Gasteiger partial charge in [0.25, 0.3) is 10.5 Å². The predicted molar refractivity (Wildman–Crippen MR) is 85.5 cm³/mol. The third-order valence-corrected chi connectivity index (χ3v) is 4.42. The SMILES string of the molecule is CC1(C)c2cc(C(=O)Cl)ccc2Oc2ccc(C(=O)Cl)cc21.